The molecule has 3 rings (SSSR count). The molecule has 0 N–H and O–H groups in total. The van der Waals surface area contributed by atoms with Crippen LogP contribution < -0.4 is 4.57 Å². The summed E-state index contributed by atoms with van der Waals surface area (Å²) in [7, 11) is 2.07. The monoisotopic (exact) mass is 254 g/mol. The van der Waals surface area contributed by atoms with E-state index in [1.165, 1.54) is 22.0 Å². The smallest absolute Gasteiger partial charge is 0.200 e. The van der Waals surface area contributed by atoms with Gasteiger partial charge in [0.05, 0.1) is 0 Å². The first-order valence-corrected chi connectivity index (χ1v) is 6.26. The molecule has 0 atom stereocenters. The Bertz CT molecular complexity index is 702. The summed E-state index contributed by atoms with van der Waals surface area (Å²) in [5.41, 5.74) is 3.61. The molecule has 0 saturated heterocycles. The molecule has 0 aliphatic carbocycles. The Hall–Kier alpha value is -1.86. The highest BCUT2D eigenvalue weighted by atomic mass is 35.5. The molecule has 0 radical (unpaired) electrons. The van der Waals surface area contributed by atoms with Crippen molar-refractivity contribution in [1.29, 1.82) is 0 Å². The lowest BCUT2D eigenvalue weighted by Gasteiger charge is -2.03. The predicted molar refractivity (Wildman–Crippen MR) is 75.6 cm³/mol. The van der Waals surface area contributed by atoms with Gasteiger partial charge in [-0.15, -0.1) is 0 Å². The summed E-state index contributed by atoms with van der Waals surface area (Å²) in [5, 5.41) is 2.01. The van der Waals surface area contributed by atoms with Crippen molar-refractivity contribution < 1.29 is 4.57 Å². The zero-order chi connectivity index (χ0) is 12.5. The Balaban J connectivity index is 2.21. The third-order valence-corrected chi connectivity index (χ3v) is 3.39. The van der Waals surface area contributed by atoms with Crippen LogP contribution in [0, 0.1) is 0 Å². The fraction of sp³-hybridized carbons (Fsp3) is 0.0625. The van der Waals surface area contributed by atoms with E-state index in [9.17, 15) is 0 Å². The van der Waals surface area contributed by atoms with Crippen LogP contribution in [0.15, 0.2) is 60.8 Å². The van der Waals surface area contributed by atoms with Crippen LogP contribution in [-0.2, 0) is 7.05 Å². The van der Waals surface area contributed by atoms with Crippen LogP contribution in [0.4, 0.5) is 0 Å². The van der Waals surface area contributed by atoms with E-state index in [1.807, 2.05) is 24.3 Å². The van der Waals surface area contributed by atoms with Crippen LogP contribution in [0.25, 0.3) is 22.0 Å². The van der Waals surface area contributed by atoms with Crippen molar-refractivity contribution in [2.24, 2.45) is 7.05 Å². The van der Waals surface area contributed by atoms with Gasteiger partial charge in [-0.25, -0.2) is 4.57 Å². The summed E-state index contributed by atoms with van der Waals surface area (Å²) in [4.78, 5) is 0. The quantitative estimate of drug-likeness (QED) is 0.578. The maximum absolute atomic E-state index is 5.92. The molecule has 18 heavy (non-hydrogen) atoms. The molecule has 1 aromatic heterocycles. The van der Waals surface area contributed by atoms with E-state index in [4.69, 9.17) is 11.6 Å². The first-order valence-electron chi connectivity index (χ1n) is 5.88. The molecular weight excluding hydrogens is 242 g/mol. The lowest BCUT2D eigenvalue weighted by atomic mass is 10.1. The van der Waals surface area contributed by atoms with Gasteiger partial charge < -0.3 is 0 Å². The molecule has 2 heteroatoms. The molecule has 0 aliphatic rings. The Labute approximate surface area is 111 Å². The van der Waals surface area contributed by atoms with E-state index in [2.05, 4.69) is 48.1 Å². The standard InChI is InChI=1S/C16H13ClN/c1-18-11-14(12-6-8-15(17)9-7-12)10-13-4-2-3-5-16(13)18/h2-11H,1H3/q+1. The summed E-state index contributed by atoms with van der Waals surface area (Å²) in [6.07, 6.45) is 2.14. The van der Waals surface area contributed by atoms with Gasteiger partial charge >= 0.3 is 0 Å². The minimum absolute atomic E-state index is 0.768. The average molecular weight is 255 g/mol. The molecule has 0 fully saturated rings. The number of aryl methyl sites for hydroxylation is 1. The van der Waals surface area contributed by atoms with Crippen LogP contribution >= 0.6 is 11.6 Å². The maximum Gasteiger partial charge on any atom is 0.212 e. The highest BCUT2D eigenvalue weighted by Crippen LogP contribution is 2.23. The van der Waals surface area contributed by atoms with Crippen LogP contribution in [0.5, 0.6) is 0 Å². The molecular formula is C16H13ClN+. The number of hydrogen-bond acceptors (Lipinski definition) is 0. The number of nitrogens with zero attached hydrogens (tertiary/aromatic N) is 1. The van der Waals surface area contributed by atoms with Crippen LogP contribution in [0.1, 0.15) is 0 Å². The number of fused-ring (bicyclic) bond motifs is 1. The lowest BCUT2D eigenvalue weighted by Crippen LogP contribution is -2.28. The summed E-state index contributed by atoms with van der Waals surface area (Å²) in [6.45, 7) is 0. The van der Waals surface area contributed by atoms with Gasteiger partial charge in [0, 0.05) is 22.0 Å². The highest BCUT2D eigenvalue weighted by molar-refractivity contribution is 6.30. The Kier molecular flexibility index (Phi) is 2.77. The van der Waals surface area contributed by atoms with E-state index in [-0.39, 0.29) is 0 Å². The lowest BCUT2D eigenvalue weighted by molar-refractivity contribution is -0.644. The number of aromatic nitrogens is 1. The molecule has 1 heterocycles. The van der Waals surface area contributed by atoms with E-state index < -0.39 is 0 Å². The van der Waals surface area contributed by atoms with Crippen molar-refractivity contribution in [2.45, 2.75) is 0 Å². The van der Waals surface area contributed by atoms with Crippen molar-refractivity contribution in [3.8, 4) is 11.1 Å². The van der Waals surface area contributed by atoms with Gasteiger partial charge in [-0.1, -0.05) is 35.9 Å². The zero-order valence-corrected chi connectivity index (χ0v) is 10.9. The summed E-state index contributed by atoms with van der Waals surface area (Å²) >= 11 is 5.92. The summed E-state index contributed by atoms with van der Waals surface area (Å²) in [6, 6.07) is 18.5. The number of halogens is 1. The predicted octanol–water partition coefficient (Wildman–Crippen LogP) is 3.98. The van der Waals surface area contributed by atoms with Crippen LogP contribution in [0.2, 0.25) is 5.02 Å². The van der Waals surface area contributed by atoms with Gasteiger partial charge in [-0.2, -0.15) is 0 Å². The molecule has 0 amide bonds. The van der Waals surface area contributed by atoms with Gasteiger partial charge in [0.2, 0.25) is 5.52 Å². The fourth-order valence-electron chi connectivity index (χ4n) is 2.21. The normalized spacial score (nSPS) is 10.8. The van der Waals surface area contributed by atoms with E-state index in [1.54, 1.807) is 0 Å². The van der Waals surface area contributed by atoms with Gasteiger partial charge in [0.1, 0.15) is 7.05 Å². The minimum Gasteiger partial charge on any atom is -0.200 e. The molecule has 2 aromatic carbocycles. The second-order valence-corrected chi connectivity index (χ2v) is 4.84. The molecule has 0 spiro atoms. The maximum atomic E-state index is 5.92. The Morgan fingerprint density at radius 2 is 1.61 bits per heavy atom. The molecule has 0 aliphatic heterocycles. The summed E-state index contributed by atoms with van der Waals surface area (Å²) in [5.74, 6) is 0. The molecule has 0 saturated carbocycles. The molecule has 88 valence electrons. The van der Waals surface area contributed by atoms with E-state index >= 15 is 0 Å². The van der Waals surface area contributed by atoms with Crippen molar-refractivity contribution in [2.75, 3.05) is 0 Å². The van der Waals surface area contributed by atoms with Gasteiger partial charge in [-0.05, 0) is 29.8 Å². The second-order valence-electron chi connectivity index (χ2n) is 4.41. The van der Waals surface area contributed by atoms with E-state index in [0.29, 0.717) is 0 Å². The van der Waals surface area contributed by atoms with Crippen molar-refractivity contribution in [1.82, 2.24) is 0 Å². The molecule has 1 nitrogen and oxygen atoms in total. The van der Waals surface area contributed by atoms with E-state index in [0.717, 1.165) is 5.02 Å². The van der Waals surface area contributed by atoms with Gasteiger partial charge in [0.15, 0.2) is 6.20 Å². The van der Waals surface area contributed by atoms with Crippen LogP contribution in [-0.4, -0.2) is 0 Å². The minimum atomic E-state index is 0.768. The van der Waals surface area contributed by atoms with Crippen molar-refractivity contribution >= 4 is 22.5 Å². The third-order valence-electron chi connectivity index (χ3n) is 3.14. The van der Waals surface area contributed by atoms with Crippen LogP contribution in [0.3, 0.4) is 0 Å². The van der Waals surface area contributed by atoms with Gasteiger partial charge in [-0.3, -0.25) is 0 Å². The number of para-hydroxylation sites is 1. The Morgan fingerprint density at radius 1 is 0.889 bits per heavy atom. The average Bonchev–Trinajstić information content (AvgIpc) is 2.39. The van der Waals surface area contributed by atoms with Crippen molar-refractivity contribution in [3.05, 3.63) is 65.8 Å². The SMILES string of the molecule is C[n+]1cc(-c2ccc(Cl)cc2)cc2ccccc21. The topological polar surface area (TPSA) is 3.88 Å². The first kappa shape index (κ1) is 11.2. The molecule has 0 bridgehead atoms. The third kappa shape index (κ3) is 1.98. The molecule has 3 aromatic rings. The fourth-order valence-corrected chi connectivity index (χ4v) is 2.34. The summed E-state index contributed by atoms with van der Waals surface area (Å²) < 4.78 is 2.15. The first-order chi connectivity index (χ1) is 8.74. The number of pyridine rings is 1. The molecule has 0 unspecified atom stereocenters. The second kappa shape index (κ2) is 4.43. The van der Waals surface area contributed by atoms with Crippen molar-refractivity contribution in [3.63, 3.8) is 0 Å². The Morgan fingerprint density at radius 3 is 2.39 bits per heavy atom. The highest BCUT2D eigenvalue weighted by Gasteiger charge is 2.08. The number of hydrogen-bond donors (Lipinski definition) is 0. The number of benzene rings is 2. The largest absolute Gasteiger partial charge is 0.212 e. The zero-order valence-electron chi connectivity index (χ0n) is 10.1. The number of rotatable bonds is 1. The van der Waals surface area contributed by atoms with Gasteiger partial charge in [0.25, 0.3) is 0 Å².